The molecule has 1 amide bonds. The van der Waals surface area contributed by atoms with Crippen LogP contribution in [0.1, 0.15) is 27.0 Å². The average Bonchev–Trinajstić information content (AvgIpc) is 2.61. The van der Waals surface area contributed by atoms with Gasteiger partial charge in [0.1, 0.15) is 5.82 Å². The van der Waals surface area contributed by atoms with Crippen molar-refractivity contribution < 1.29 is 4.79 Å². The third-order valence-electron chi connectivity index (χ3n) is 3.90. The van der Waals surface area contributed by atoms with Crippen molar-refractivity contribution in [2.45, 2.75) is 20.4 Å². The van der Waals surface area contributed by atoms with Crippen LogP contribution in [0.4, 0.5) is 5.82 Å². The topological polar surface area (TPSA) is 33.2 Å². The average molecular weight is 316 g/mol. The molecule has 1 heterocycles. The molecule has 0 aliphatic carbocycles. The second-order valence-corrected chi connectivity index (χ2v) is 5.93. The highest BCUT2D eigenvalue weighted by Crippen LogP contribution is 2.18. The Kier molecular flexibility index (Phi) is 4.71. The largest absolute Gasteiger partial charge is 0.288 e. The molecule has 0 aliphatic rings. The van der Waals surface area contributed by atoms with Crippen molar-refractivity contribution in [1.29, 1.82) is 0 Å². The van der Waals surface area contributed by atoms with Gasteiger partial charge in [0.25, 0.3) is 5.91 Å². The van der Waals surface area contributed by atoms with E-state index in [-0.39, 0.29) is 5.91 Å². The monoisotopic (exact) mass is 316 g/mol. The van der Waals surface area contributed by atoms with Gasteiger partial charge < -0.3 is 0 Å². The third kappa shape index (κ3) is 3.69. The van der Waals surface area contributed by atoms with Crippen LogP contribution in [0.3, 0.4) is 0 Å². The van der Waals surface area contributed by atoms with Gasteiger partial charge in [-0.15, -0.1) is 0 Å². The van der Waals surface area contributed by atoms with Gasteiger partial charge in [-0.25, -0.2) is 4.98 Å². The molecule has 0 unspecified atom stereocenters. The predicted molar refractivity (Wildman–Crippen MR) is 97.1 cm³/mol. The van der Waals surface area contributed by atoms with Gasteiger partial charge in [-0.2, -0.15) is 0 Å². The number of amides is 1. The molecule has 0 bridgehead atoms. The van der Waals surface area contributed by atoms with Crippen LogP contribution in [0.15, 0.2) is 72.9 Å². The minimum absolute atomic E-state index is 0.0435. The molecule has 3 nitrogen and oxygen atoms in total. The van der Waals surface area contributed by atoms with Crippen LogP contribution in [0.2, 0.25) is 0 Å². The van der Waals surface area contributed by atoms with E-state index in [4.69, 9.17) is 0 Å². The molecule has 0 aliphatic heterocycles. The van der Waals surface area contributed by atoms with E-state index >= 15 is 0 Å². The molecule has 0 saturated heterocycles. The van der Waals surface area contributed by atoms with Crippen molar-refractivity contribution in [3.63, 3.8) is 0 Å². The van der Waals surface area contributed by atoms with Crippen LogP contribution >= 0.6 is 0 Å². The Bertz CT molecular complexity index is 826. The number of hydrogen-bond donors (Lipinski definition) is 0. The second kappa shape index (κ2) is 7.09. The summed E-state index contributed by atoms with van der Waals surface area (Å²) in [5, 5.41) is 0. The zero-order valence-electron chi connectivity index (χ0n) is 13.9. The van der Waals surface area contributed by atoms with Gasteiger partial charge in [0.05, 0.1) is 6.54 Å². The normalized spacial score (nSPS) is 10.4. The summed E-state index contributed by atoms with van der Waals surface area (Å²) in [5.74, 6) is 0.613. The standard InChI is InChI=1S/C21H20N2O/c1-16-9-11-18(12-10-16)15-23(20-8-3-4-13-22-20)21(24)19-7-5-6-17(2)14-19/h3-14H,15H2,1-2H3. The molecule has 120 valence electrons. The van der Waals surface area contributed by atoms with Crippen molar-refractivity contribution in [2.75, 3.05) is 4.90 Å². The minimum Gasteiger partial charge on any atom is -0.288 e. The SMILES string of the molecule is Cc1ccc(CN(C(=O)c2cccc(C)c2)c2ccccn2)cc1. The van der Waals surface area contributed by atoms with E-state index in [1.165, 1.54) is 5.56 Å². The molecule has 24 heavy (non-hydrogen) atoms. The summed E-state index contributed by atoms with van der Waals surface area (Å²) >= 11 is 0. The van der Waals surface area contributed by atoms with Crippen molar-refractivity contribution in [3.05, 3.63) is 95.2 Å². The minimum atomic E-state index is -0.0435. The molecule has 1 aromatic heterocycles. The van der Waals surface area contributed by atoms with Gasteiger partial charge in [0, 0.05) is 11.8 Å². The van der Waals surface area contributed by atoms with E-state index in [9.17, 15) is 4.79 Å². The lowest BCUT2D eigenvalue weighted by Gasteiger charge is -2.22. The molecule has 0 atom stereocenters. The molecule has 2 aromatic carbocycles. The first kappa shape index (κ1) is 15.9. The molecular weight excluding hydrogens is 296 g/mol. The fourth-order valence-electron chi connectivity index (χ4n) is 2.58. The number of aryl methyl sites for hydroxylation is 2. The van der Waals surface area contributed by atoms with Crippen LogP contribution in [-0.2, 0) is 6.54 Å². The van der Waals surface area contributed by atoms with Crippen LogP contribution < -0.4 is 4.90 Å². The maximum absolute atomic E-state index is 13.1. The van der Waals surface area contributed by atoms with Gasteiger partial charge in [-0.05, 0) is 43.7 Å². The van der Waals surface area contributed by atoms with Crippen molar-refractivity contribution in [2.24, 2.45) is 0 Å². The van der Waals surface area contributed by atoms with Crippen molar-refractivity contribution in [3.8, 4) is 0 Å². The summed E-state index contributed by atoms with van der Waals surface area (Å²) in [6.45, 7) is 4.53. The highest BCUT2D eigenvalue weighted by Gasteiger charge is 2.19. The number of carbonyl (C=O) groups excluding carboxylic acids is 1. The smallest absolute Gasteiger partial charge is 0.259 e. The lowest BCUT2D eigenvalue weighted by molar-refractivity contribution is 0.0984. The molecule has 0 spiro atoms. The summed E-state index contributed by atoms with van der Waals surface area (Å²) in [4.78, 5) is 19.1. The number of benzene rings is 2. The van der Waals surface area contributed by atoms with Gasteiger partial charge in [0.15, 0.2) is 0 Å². The lowest BCUT2D eigenvalue weighted by atomic mass is 10.1. The van der Waals surface area contributed by atoms with Gasteiger partial charge in [-0.3, -0.25) is 9.69 Å². The number of carbonyl (C=O) groups is 1. The number of rotatable bonds is 4. The van der Waals surface area contributed by atoms with Crippen molar-refractivity contribution in [1.82, 2.24) is 4.98 Å². The highest BCUT2D eigenvalue weighted by molar-refractivity contribution is 6.05. The molecule has 0 N–H and O–H groups in total. The van der Waals surface area contributed by atoms with Gasteiger partial charge in [-0.1, -0.05) is 53.6 Å². The highest BCUT2D eigenvalue weighted by atomic mass is 16.2. The van der Waals surface area contributed by atoms with E-state index in [1.54, 1.807) is 11.1 Å². The molecule has 0 radical (unpaired) electrons. The summed E-state index contributed by atoms with van der Waals surface area (Å²) in [7, 11) is 0. The van der Waals surface area contributed by atoms with E-state index in [0.29, 0.717) is 17.9 Å². The number of nitrogens with zero attached hydrogens (tertiary/aromatic N) is 2. The fourth-order valence-corrected chi connectivity index (χ4v) is 2.58. The Labute approximate surface area is 142 Å². The Hall–Kier alpha value is -2.94. The van der Waals surface area contributed by atoms with E-state index < -0.39 is 0 Å². The van der Waals surface area contributed by atoms with Gasteiger partial charge >= 0.3 is 0 Å². The third-order valence-corrected chi connectivity index (χ3v) is 3.90. The molecule has 0 saturated carbocycles. The summed E-state index contributed by atoms with van der Waals surface area (Å²) in [6.07, 6.45) is 1.71. The maximum atomic E-state index is 13.1. The predicted octanol–water partition coefficient (Wildman–Crippen LogP) is 4.55. The van der Waals surface area contributed by atoms with E-state index in [1.807, 2.05) is 49.4 Å². The Morgan fingerprint density at radius 3 is 2.38 bits per heavy atom. The van der Waals surface area contributed by atoms with E-state index in [0.717, 1.165) is 11.1 Å². The van der Waals surface area contributed by atoms with Crippen LogP contribution in [0.5, 0.6) is 0 Å². The summed E-state index contributed by atoms with van der Waals surface area (Å²) in [5.41, 5.74) is 4.02. The molecule has 0 fully saturated rings. The fraction of sp³-hybridized carbons (Fsp3) is 0.143. The zero-order valence-corrected chi connectivity index (χ0v) is 13.9. The second-order valence-electron chi connectivity index (χ2n) is 5.93. The molecule has 3 heteroatoms. The quantitative estimate of drug-likeness (QED) is 0.707. The summed E-state index contributed by atoms with van der Waals surface area (Å²) in [6, 6.07) is 21.5. The molecule has 3 rings (SSSR count). The Morgan fingerprint density at radius 1 is 0.917 bits per heavy atom. The number of hydrogen-bond acceptors (Lipinski definition) is 2. The first-order chi connectivity index (χ1) is 11.6. The number of anilines is 1. The van der Waals surface area contributed by atoms with Crippen molar-refractivity contribution >= 4 is 11.7 Å². The number of pyridine rings is 1. The lowest BCUT2D eigenvalue weighted by Crippen LogP contribution is -2.31. The van der Waals surface area contributed by atoms with Crippen LogP contribution in [0.25, 0.3) is 0 Å². The van der Waals surface area contributed by atoms with E-state index in [2.05, 4.69) is 36.2 Å². The Morgan fingerprint density at radius 2 is 1.71 bits per heavy atom. The molecule has 3 aromatic rings. The molecular formula is C21H20N2O. The van der Waals surface area contributed by atoms with Crippen LogP contribution in [-0.4, -0.2) is 10.9 Å². The first-order valence-electron chi connectivity index (χ1n) is 7.98. The van der Waals surface area contributed by atoms with Crippen LogP contribution in [0, 0.1) is 13.8 Å². The summed E-state index contributed by atoms with van der Waals surface area (Å²) < 4.78 is 0. The maximum Gasteiger partial charge on any atom is 0.259 e. The zero-order chi connectivity index (χ0) is 16.9. The van der Waals surface area contributed by atoms with Gasteiger partial charge in [0.2, 0.25) is 0 Å². The first-order valence-corrected chi connectivity index (χ1v) is 7.98. The number of aromatic nitrogens is 1. The Balaban J connectivity index is 1.96.